The summed E-state index contributed by atoms with van der Waals surface area (Å²) < 4.78 is 5.20. The van der Waals surface area contributed by atoms with Crippen LogP contribution in [0.25, 0.3) is 0 Å². The SMILES string of the molecule is CCOC(=O)[C@@H](C)[C@@H]1CCC[C@@H]1C#C[Si](C)(C)c1ccccc1. The highest BCUT2D eigenvalue weighted by Crippen LogP contribution is 2.37. The van der Waals surface area contributed by atoms with Crippen molar-refractivity contribution in [1.29, 1.82) is 0 Å². The summed E-state index contributed by atoms with van der Waals surface area (Å²) in [5.74, 6) is 4.13. The maximum atomic E-state index is 12.0. The van der Waals surface area contributed by atoms with Crippen LogP contribution in [0, 0.1) is 29.2 Å². The summed E-state index contributed by atoms with van der Waals surface area (Å²) in [7, 11) is -1.73. The van der Waals surface area contributed by atoms with Crippen molar-refractivity contribution in [3.05, 3.63) is 30.3 Å². The van der Waals surface area contributed by atoms with Gasteiger partial charge in [0.05, 0.1) is 12.5 Å². The predicted octanol–water partition coefficient (Wildman–Crippen LogP) is 3.76. The van der Waals surface area contributed by atoms with Gasteiger partial charge in [-0.05, 0) is 30.9 Å². The molecule has 0 N–H and O–H groups in total. The van der Waals surface area contributed by atoms with Crippen LogP contribution in [0.5, 0.6) is 0 Å². The van der Waals surface area contributed by atoms with E-state index in [1.165, 1.54) is 11.6 Å². The number of carbonyl (C=O) groups is 1. The Bertz CT molecular complexity index is 583. The Hall–Kier alpha value is -1.53. The lowest BCUT2D eigenvalue weighted by Gasteiger charge is -2.22. The third kappa shape index (κ3) is 4.48. The minimum absolute atomic E-state index is 0.0433. The lowest BCUT2D eigenvalue weighted by atomic mass is 9.85. The molecule has 3 heteroatoms. The van der Waals surface area contributed by atoms with Gasteiger partial charge in [0, 0.05) is 5.92 Å². The molecule has 1 aromatic carbocycles. The second kappa shape index (κ2) is 7.83. The molecule has 2 rings (SSSR count). The molecule has 1 saturated carbocycles. The molecule has 0 aromatic heterocycles. The Morgan fingerprint density at radius 2 is 2.00 bits per heavy atom. The molecule has 0 radical (unpaired) electrons. The molecule has 2 nitrogen and oxygen atoms in total. The maximum absolute atomic E-state index is 12.0. The summed E-state index contributed by atoms with van der Waals surface area (Å²) in [6, 6.07) is 10.6. The zero-order valence-corrected chi connectivity index (χ0v) is 15.8. The Balaban J connectivity index is 2.11. The van der Waals surface area contributed by atoms with Gasteiger partial charge >= 0.3 is 5.97 Å². The fourth-order valence-corrected chi connectivity index (χ4v) is 5.13. The van der Waals surface area contributed by atoms with Crippen molar-refractivity contribution < 1.29 is 9.53 Å². The molecule has 0 spiro atoms. The molecule has 1 aromatic rings. The van der Waals surface area contributed by atoms with Crippen LogP contribution >= 0.6 is 0 Å². The number of hydrogen-bond acceptors (Lipinski definition) is 2. The van der Waals surface area contributed by atoms with Crippen LogP contribution in [0.15, 0.2) is 30.3 Å². The first-order valence-corrected chi connectivity index (χ1v) is 11.7. The second-order valence-electron chi connectivity index (χ2n) is 7.00. The molecule has 23 heavy (non-hydrogen) atoms. The van der Waals surface area contributed by atoms with E-state index in [4.69, 9.17) is 4.74 Å². The van der Waals surface area contributed by atoms with Gasteiger partial charge in [-0.1, -0.05) is 56.8 Å². The largest absolute Gasteiger partial charge is 0.466 e. The highest BCUT2D eigenvalue weighted by Gasteiger charge is 2.35. The minimum atomic E-state index is -1.73. The molecule has 0 aliphatic heterocycles. The Labute approximate surface area is 141 Å². The van der Waals surface area contributed by atoms with Gasteiger partial charge in [0.25, 0.3) is 0 Å². The molecule has 1 aliphatic rings. The van der Waals surface area contributed by atoms with Gasteiger partial charge in [-0.3, -0.25) is 4.79 Å². The summed E-state index contributed by atoms with van der Waals surface area (Å²) >= 11 is 0. The van der Waals surface area contributed by atoms with E-state index in [9.17, 15) is 4.79 Å². The molecule has 1 aliphatic carbocycles. The van der Waals surface area contributed by atoms with E-state index in [1.807, 2.05) is 13.8 Å². The molecular weight excluding hydrogens is 300 g/mol. The molecule has 0 saturated heterocycles. The van der Waals surface area contributed by atoms with Crippen molar-refractivity contribution in [2.45, 2.75) is 46.2 Å². The van der Waals surface area contributed by atoms with Crippen molar-refractivity contribution in [2.75, 3.05) is 6.61 Å². The highest BCUT2D eigenvalue weighted by molar-refractivity contribution is 6.96. The van der Waals surface area contributed by atoms with E-state index < -0.39 is 8.07 Å². The van der Waals surface area contributed by atoms with E-state index in [0.717, 1.165) is 12.8 Å². The zero-order chi connectivity index (χ0) is 16.9. The average Bonchev–Trinajstić information content (AvgIpc) is 3.02. The van der Waals surface area contributed by atoms with E-state index in [2.05, 4.69) is 54.9 Å². The van der Waals surface area contributed by atoms with Gasteiger partial charge in [0.2, 0.25) is 0 Å². The number of hydrogen-bond donors (Lipinski definition) is 0. The smallest absolute Gasteiger partial charge is 0.308 e. The summed E-state index contributed by atoms with van der Waals surface area (Å²) in [6.07, 6.45) is 3.37. The second-order valence-corrected chi connectivity index (χ2v) is 11.1. The Morgan fingerprint density at radius 1 is 1.30 bits per heavy atom. The first-order valence-electron chi connectivity index (χ1n) is 8.70. The Morgan fingerprint density at radius 3 is 2.65 bits per heavy atom. The van der Waals surface area contributed by atoms with Crippen molar-refractivity contribution in [2.24, 2.45) is 17.8 Å². The molecule has 3 atom stereocenters. The third-order valence-electron chi connectivity index (χ3n) is 4.94. The maximum Gasteiger partial charge on any atom is 0.308 e. The molecule has 1 fully saturated rings. The van der Waals surface area contributed by atoms with Gasteiger partial charge in [0.1, 0.15) is 0 Å². The highest BCUT2D eigenvalue weighted by atomic mass is 28.3. The molecular formula is C20H28O2Si. The van der Waals surface area contributed by atoms with Gasteiger partial charge in [-0.15, -0.1) is 11.5 Å². The predicted molar refractivity (Wildman–Crippen MR) is 98.0 cm³/mol. The first kappa shape index (κ1) is 17.8. The van der Waals surface area contributed by atoms with Crippen LogP contribution in [0.3, 0.4) is 0 Å². The number of rotatable bonds is 4. The third-order valence-corrected chi connectivity index (χ3v) is 7.48. The van der Waals surface area contributed by atoms with E-state index >= 15 is 0 Å². The lowest BCUT2D eigenvalue weighted by molar-refractivity contribution is -0.149. The van der Waals surface area contributed by atoms with Crippen LogP contribution in [-0.2, 0) is 9.53 Å². The summed E-state index contributed by atoms with van der Waals surface area (Å²) in [5, 5.41) is 1.38. The summed E-state index contributed by atoms with van der Waals surface area (Å²) in [4.78, 5) is 12.0. The van der Waals surface area contributed by atoms with Crippen LogP contribution in [0.4, 0.5) is 0 Å². The van der Waals surface area contributed by atoms with E-state index in [-0.39, 0.29) is 11.9 Å². The van der Waals surface area contributed by atoms with E-state index in [1.54, 1.807) is 0 Å². The van der Waals surface area contributed by atoms with Crippen molar-refractivity contribution in [3.8, 4) is 11.5 Å². The van der Waals surface area contributed by atoms with Gasteiger partial charge < -0.3 is 4.74 Å². The monoisotopic (exact) mass is 328 g/mol. The molecule has 124 valence electrons. The van der Waals surface area contributed by atoms with Crippen LogP contribution in [-0.4, -0.2) is 20.7 Å². The normalized spacial score (nSPS) is 22.1. The van der Waals surface area contributed by atoms with Gasteiger partial charge in [-0.25, -0.2) is 0 Å². The summed E-state index contributed by atoms with van der Waals surface area (Å²) in [6.45, 7) is 8.93. The fourth-order valence-electron chi connectivity index (χ4n) is 3.42. The van der Waals surface area contributed by atoms with Gasteiger partial charge in [-0.2, -0.15) is 0 Å². The number of carbonyl (C=O) groups excluding carboxylic acids is 1. The number of ether oxygens (including phenoxy) is 1. The lowest BCUT2D eigenvalue weighted by Crippen LogP contribution is -2.40. The minimum Gasteiger partial charge on any atom is -0.466 e. The standard InChI is InChI=1S/C20H28O2Si/c1-5-22-20(21)16(2)19-13-9-10-17(19)14-15-23(3,4)18-11-7-6-8-12-18/h6-8,11-12,16-17,19H,5,9-10,13H2,1-4H3/t16-,17+,19-/m0/s1. The summed E-state index contributed by atoms with van der Waals surface area (Å²) in [5.41, 5.74) is 3.61. The van der Waals surface area contributed by atoms with Gasteiger partial charge in [0.15, 0.2) is 8.07 Å². The van der Waals surface area contributed by atoms with Crippen molar-refractivity contribution in [3.63, 3.8) is 0 Å². The average molecular weight is 329 g/mol. The number of esters is 1. The molecule has 0 amide bonds. The topological polar surface area (TPSA) is 26.3 Å². The first-order chi connectivity index (χ1) is 11.0. The van der Waals surface area contributed by atoms with Crippen molar-refractivity contribution >= 4 is 19.2 Å². The van der Waals surface area contributed by atoms with E-state index in [0.29, 0.717) is 18.4 Å². The molecule has 0 heterocycles. The quantitative estimate of drug-likeness (QED) is 0.478. The van der Waals surface area contributed by atoms with Crippen LogP contribution in [0.2, 0.25) is 13.1 Å². The van der Waals surface area contributed by atoms with Crippen LogP contribution < -0.4 is 5.19 Å². The van der Waals surface area contributed by atoms with Crippen molar-refractivity contribution in [1.82, 2.24) is 0 Å². The number of benzene rings is 1. The van der Waals surface area contributed by atoms with Crippen LogP contribution in [0.1, 0.15) is 33.1 Å². The molecule has 0 unspecified atom stereocenters. The zero-order valence-electron chi connectivity index (χ0n) is 14.8. The molecule has 0 bridgehead atoms. The fraction of sp³-hybridized carbons (Fsp3) is 0.550. The Kier molecular flexibility index (Phi) is 6.07.